The summed E-state index contributed by atoms with van der Waals surface area (Å²) in [5.74, 6) is -0.335. The van der Waals surface area contributed by atoms with E-state index in [1.165, 1.54) is 7.11 Å². The van der Waals surface area contributed by atoms with Gasteiger partial charge < -0.3 is 15.4 Å². The number of nitrogens with two attached hydrogens (primary N) is 1. The number of amides is 1. The number of hydrogen-bond donors (Lipinski definition) is 1. The van der Waals surface area contributed by atoms with Crippen LogP contribution in [0, 0.1) is 0 Å². The Labute approximate surface area is 90.6 Å². The van der Waals surface area contributed by atoms with Crippen molar-refractivity contribution >= 4 is 11.9 Å². The topological polar surface area (TPSA) is 72.6 Å². The molecule has 1 amide bonds. The van der Waals surface area contributed by atoms with Gasteiger partial charge in [0, 0.05) is 20.0 Å². The van der Waals surface area contributed by atoms with Gasteiger partial charge in [-0.2, -0.15) is 0 Å². The Balaban J connectivity index is 3.78. The van der Waals surface area contributed by atoms with E-state index >= 15 is 0 Å². The lowest BCUT2D eigenvalue weighted by atomic mass is 10.2. The van der Waals surface area contributed by atoms with Gasteiger partial charge >= 0.3 is 5.97 Å². The number of carbonyl (C=O) groups is 2. The van der Waals surface area contributed by atoms with Gasteiger partial charge in [-0.25, -0.2) is 0 Å². The average molecular weight is 216 g/mol. The van der Waals surface area contributed by atoms with E-state index in [9.17, 15) is 9.59 Å². The molecule has 0 rings (SSSR count). The van der Waals surface area contributed by atoms with Crippen molar-refractivity contribution in [2.24, 2.45) is 5.73 Å². The molecular formula is C10H20N2O3. The summed E-state index contributed by atoms with van der Waals surface area (Å²) >= 11 is 0. The average Bonchev–Trinajstić information content (AvgIpc) is 2.26. The smallest absolute Gasteiger partial charge is 0.305 e. The Hall–Kier alpha value is -1.10. The SMILES string of the molecule is CC[C@H](N)C(=O)N(C)CCCC(=O)OC. The highest BCUT2D eigenvalue weighted by molar-refractivity contribution is 5.81. The van der Waals surface area contributed by atoms with Crippen molar-refractivity contribution in [2.45, 2.75) is 32.2 Å². The third-order valence-corrected chi connectivity index (χ3v) is 2.24. The minimum atomic E-state index is -0.437. The molecule has 0 spiro atoms. The number of esters is 1. The van der Waals surface area contributed by atoms with Crippen molar-refractivity contribution in [2.75, 3.05) is 20.7 Å². The van der Waals surface area contributed by atoms with Gasteiger partial charge in [0.2, 0.25) is 5.91 Å². The van der Waals surface area contributed by atoms with Crippen LogP contribution in [0.3, 0.4) is 0 Å². The number of rotatable bonds is 6. The number of carbonyl (C=O) groups excluding carboxylic acids is 2. The second-order valence-electron chi connectivity index (χ2n) is 3.45. The molecule has 0 unspecified atom stereocenters. The van der Waals surface area contributed by atoms with E-state index in [-0.39, 0.29) is 11.9 Å². The van der Waals surface area contributed by atoms with Crippen molar-refractivity contribution in [1.29, 1.82) is 0 Å². The predicted octanol–water partition coefficient (Wildman–Crippen LogP) is 0.135. The molecule has 0 heterocycles. The first-order valence-corrected chi connectivity index (χ1v) is 5.10. The van der Waals surface area contributed by atoms with Crippen LogP contribution in [-0.2, 0) is 14.3 Å². The van der Waals surface area contributed by atoms with Gasteiger partial charge in [-0.15, -0.1) is 0 Å². The van der Waals surface area contributed by atoms with Crippen molar-refractivity contribution in [3.63, 3.8) is 0 Å². The molecule has 0 radical (unpaired) electrons. The normalized spacial score (nSPS) is 12.0. The fourth-order valence-corrected chi connectivity index (χ4v) is 1.13. The lowest BCUT2D eigenvalue weighted by Gasteiger charge is -2.20. The number of hydrogen-bond acceptors (Lipinski definition) is 4. The van der Waals surface area contributed by atoms with E-state index in [1.54, 1.807) is 11.9 Å². The quantitative estimate of drug-likeness (QED) is 0.641. The van der Waals surface area contributed by atoms with Crippen LogP contribution in [0.25, 0.3) is 0 Å². The van der Waals surface area contributed by atoms with Crippen LogP contribution < -0.4 is 5.73 Å². The molecule has 0 aromatic carbocycles. The molecule has 0 bridgehead atoms. The minimum absolute atomic E-state index is 0.0811. The molecule has 0 aromatic heterocycles. The molecule has 2 N–H and O–H groups in total. The second kappa shape index (κ2) is 7.23. The number of nitrogens with zero attached hydrogens (tertiary/aromatic N) is 1. The van der Waals surface area contributed by atoms with Crippen LogP contribution in [0.1, 0.15) is 26.2 Å². The zero-order valence-corrected chi connectivity index (χ0v) is 9.66. The molecule has 15 heavy (non-hydrogen) atoms. The van der Waals surface area contributed by atoms with Crippen LogP contribution >= 0.6 is 0 Å². The monoisotopic (exact) mass is 216 g/mol. The third-order valence-electron chi connectivity index (χ3n) is 2.24. The van der Waals surface area contributed by atoms with Gasteiger partial charge in [0.05, 0.1) is 13.2 Å². The highest BCUT2D eigenvalue weighted by atomic mass is 16.5. The first kappa shape index (κ1) is 13.9. The molecule has 88 valence electrons. The first-order chi connectivity index (χ1) is 7.02. The molecule has 0 aromatic rings. The molecule has 0 fully saturated rings. The van der Waals surface area contributed by atoms with Gasteiger partial charge in [0.1, 0.15) is 0 Å². The predicted molar refractivity (Wildman–Crippen MR) is 57.2 cm³/mol. The molecule has 0 saturated carbocycles. The Morgan fingerprint density at radius 2 is 2.07 bits per heavy atom. The molecule has 1 atom stereocenters. The first-order valence-electron chi connectivity index (χ1n) is 5.10. The highest BCUT2D eigenvalue weighted by Crippen LogP contribution is 1.98. The van der Waals surface area contributed by atoms with E-state index < -0.39 is 6.04 Å². The summed E-state index contributed by atoms with van der Waals surface area (Å²) in [6, 6.07) is -0.437. The Kier molecular flexibility index (Phi) is 6.70. The third kappa shape index (κ3) is 5.37. The highest BCUT2D eigenvalue weighted by Gasteiger charge is 2.15. The summed E-state index contributed by atoms with van der Waals surface area (Å²) in [5.41, 5.74) is 5.59. The fraction of sp³-hybridized carbons (Fsp3) is 0.800. The van der Waals surface area contributed by atoms with Crippen LogP contribution in [0.5, 0.6) is 0 Å². The van der Waals surface area contributed by atoms with Crippen molar-refractivity contribution in [1.82, 2.24) is 4.90 Å². The van der Waals surface area contributed by atoms with Crippen LogP contribution in [0.2, 0.25) is 0 Å². The maximum absolute atomic E-state index is 11.5. The zero-order chi connectivity index (χ0) is 11.8. The molecular weight excluding hydrogens is 196 g/mol. The van der Waals surface area contributed by atoms with E-state index in [2.05, 4.69) is 4.74 Å². The largest absolute Gasteiger partial charge is 0.469 e. The molecule has 0 aliphatic carbocycles. The maximum Gasteiger partial charge on any atom is 0.305 e. The molecule has 0 aliphatic heterocycles. The van der Waals surface area contributed by atoms with Crippen LogP contribution in [0.4, 0.5) is 0 Å². The maximum atomic E-state index is 11.5. The van der Waals surface area contributed by atoms with Gasteiger partial charge in [0.25, 0.3) is 0 Å². The Bertz CT molecular complexity index is 219. The number of methoxy groups -OCH3 is 1. The molecule has 5 nitrogen and oxygen atoms in total. The van der Waals surface area contributed by atoms with E-state index in [4.69, 9.17) is 5.73 Å². The zero-order valence-electron chi connectivity index (χ0n) is 9.66. The van der Waals surface area contributed by atoms with Gasteiger partial charge in [0.15, 0.2) is 0 Å². The summed E-state index contributed by atoms with van der Waals surface area (Å²) in [6.45, 7) is 2.40. The van der Waals surface area contributed by atoms with E-state index in [1.807, 2.05) is 6.92 Å². The van der Waals surface area contributed by atoms with Gasteiger partial charge in [-0.1, -0.05) is 6.92 Å². The number of ether oxygens (including phenoxy) is 1. The standard InChI is InChI=1S/C10H20N2O3/c1-4-8(11)10(14)12(2)7-5-6-9(13)15-3/h8H,4-7,11H2,1-3H3/t8-/m0/s1. The number of likely N-dealkylation sites (N-methyl/N-ethyl adjacent to an activating group) is 1. The Morgan fingerprint density at radius 1 is 1.47 bits per heavy atom. The minimum Gasteiger partial charge on any atom is -0.469 e. The van der Waals surface area contributed by atoms with Gasteiger partial charge in [-0.05, 0) is 12.8 Å². The summed E-state index contributed by atoms with van der Waals surface area (Å²) in [6.07, 6.45) is 1.56. The fourth-order valence-electron chi connectivity index (χ4n) is 1.13. The molecule has 0 saturated heterocycles. The molecule has 0 aliphatic rings. The summed E-state index contributed by atoms with van der Waals surface area (Å²) in [4.78, 5) is 23.9. The van der Waals surface area contributed by atoms with Crippen LogP contribution in [0.15, 0.2) is 0 Å². The van der Waals surface area contributed by atoms with Crippen molar-refractivity contribution in [3.8, 4) is 0 Å². The van der Waals surface area contributed by atoms with Crippen molar-refractivity contribution < 1.29 is 14.3 Å². The van der Waals surface area contributed by atoms with E-state index in [0.717, 1.165) is 0 Å². The summed E-state index contributed by atoms with van der Waals surface area (Å²) in [5, 5.41) is 0. The lowest BCUT2D eigenvalue weighted by Crippen LogP contribution is -2.41. The summed E-state index contributed by atoms with van der Waals surface area (Å²) in [7, 11) is 3.04. The Morgan fingerprint density at radius 3 is 2.53 bits per heavy atom. The lowest BCUT2D eigenvalue weighted by molar-refractivity contribution is -0.141. The van der Waals surface area contributed by atoms with Crippen molar-refractivity contribution in [3.05, 3.63) is 0 Å². The summed E-state index contributed by atoms with van der Waals surface area (Å²) < 4.78 is 4.49. The molecule has 5 heteroatoms. The van der Waals surface area contributed by atoms with E-state index in [0.29, 0.717) is 25.8 Å². The second-order valence-corrected chi connectivity index (χ2v) is 3.45. The van der Waals surface area contributed by atoms with Crippen LogP contribution in [-0.4, -0.2) is 43.5 Å². The van der Waals surface area contributed by atoms with Gasteiger partial charge in [-0.3, -0.25) is 9.59 Å².